The lowest BCUT2D eigenvalue weighted by molar-refractivity contribution is 0.1000. The van der Waals surface area contributed by atoms with Crippen LogP contribution in [0.3, 0.4) is 0 Å². The molecule has 16 heavy (non-hydrogen) atoms. The third-order valence-corrected chi connectivity index (χ3v) is 2.71. The summed E-state index contributed by atoms with van der Waals surface area (Å²) in [5.41, 5.74) is 7.91. The van der Waals surface area contributed by atoms with Crippen LogP contribution in [0.4, 0.5) is 0 Å². The summed E-state index contributed by atoms with van der Waals surface area (Å²) in [6.45, 7) is 0.351. The van der Waals surface area contributed by atoms with E-state index in [4.69, 9.17) is 5.73 Å². The third-order valence-electron chi connectivity index (χ3n) is 2.09. The van der Waals surface area contributed by atoms with Gasteiger partial charge in [0.15, 0.2) is 0 Å². The second-order valence-corrected chi connectivity index (χ2v) is 4.02. The summed E-state index contributed by atoms with van der Waals surface area (Å²) in [6, 6.07) is 6.84. The van der Waals surface area contributed by atoms with E-state index in [1.807, 2.05) is 6.07 Å². The molecule has 1 aromatic carbocycles. The van der Waals surface area contributed by atoms with Gasteiger partial charge in [0.25, 0.3) is 0 Å². The number of rotatable bonds is 3. The standard InChI is InChI=1S/C10H9N3O2S/c11-9(14)8-3-1-2-7(4-8)5-13-10(15)16-6-12-13/h1-4,6H,5H2,(H2,11,14). The van der Waals surface area contributed by atoms with Crippen LogP contribution in [0.25, 0.3) is 0 Å². The van der Waals surface area contributed by atoms with Gasteiger partial charge in [-0.15, -0.1) is 0 Å². The zero-order valence-electron chi connectivity index (χ0n) is 8.29. The molecule has 1 aromatic heterocycles. The molecule has 0 aliphatic carbocycles. The number of nitrogens with zero attached hydrogens (tertiary/aromatic N) is 2. The molecule has 0 atom stereocenters. The zero-order chi connectivity index (χ0) is 11.5. The lowest BCUT2D eigenvalue weighted by Crippen LogP contribution is -2.16. The van der Waals surface area contributed by atoms with Crippen molar-refractivity contribution in [2.24, 2.45) is 5.73 Å². The molecule has 6 heteroatoms. The van der Waals surface area contributed by atoms with E-state index in [2.05, 4.69) is 5.10 Å². The van der Waals surface area contributed by atoms with Crippen molar-refractivity contribution in [3.05, 3.63) is 50.6 Å². The summed E-state index contributed by atoms with van der Waals surface area (Å²) in [5, 5.41) is 3.89. The SMILES string of the molecule is NC(=O)c1cccc(Cn2ncsc2=O)c1. The first-order chi connectivity index (χ1) is 7.66. The maximum absolute atomic E-state index is 11.3. The summed E-state index contributed by atoms with van der Waals surface area (Å²) in [4.78, 5) is 22.1. The number of hydrogen-bond acceptors (Lipinski definition) is 4. The third kappa shape index (κ3) is 2.17. The molecule has 0 saturated heterocycles. The smallest absolute Gasteiger partial charge is 0.325 e. The number of carbonyl (C=O) groups is 1. The highest BCUT2D eigenvalue weighted by atomic mass is 32.1. The van der Waals surface area contributed by atoms with Crippen LogP contribution < -0.4 is 10.6 Å². The maximum Gasteiger partial charge on any atom is 0.325 e. The second kappa shape index (κ2) is 4.28. The van der Waals surface area contributed by atoms with Gasteiger partial charge in [-0.3, -0.25) is 9.59 Å². The van der Waals surface area contributed by atoms with Crippen molar-refractivity contribution in [3.8, 4) is 0 Å². The van der Waals surface area contributed by atoms with Crippen LogP contribution in [-0.2, 0) is 6.54 Å². The Morgan fingerprint density at radius 3 is 2.94 bits per heavy atom. The Kier molecular flexibility index (Phi) is 2.82. The van der Waals surface area contributed by atoms with Crippen molar-refractivity contribution in [3.63, 3.8) is 0 Å². The Bertz CT molecular complexity index is 573. The first-order valence-electron chi connectivity index (χ1n) is 4.56. The fourth-order valence-corrected chi connectivity index (χ4v) is 1.82. The van der Waals surface area contributed by atoms with Crippen molar-refractivity contribution in [2.75, 3.05) is 0 Å². The van der Waals surface area contributed by atoms with Crippen LogP contribution in [0, 0.1) is 0 Å². The molecule has 0 aliphatic heterocycles. The Labute approximate surface area is 95.1 Å². The van der Waals surface area contributed by atoms with Gasteiger partial charge >= 0.3 is 4.87 Å². The zero-order valence-corrected chi connectivity index (χ0v) is 9.11. The van der Waals surface area contributed by atoms with E-state index in [1.54, 1.807) is 18.2 Å². The average Bonchev–Trinajstić information content (AvgIpc) is 2.65. The van der Waals surface area contributed by atoms with Crippen LogP contribution in [0.2, 0.25) is 0 Å². The van der Waals surface area contributed by atoms with E-state index in [9.17, 15) is 9.59 Å². The van der Waals surface area contributed by atoms with Crippen molar-refractivity contribution >= 4 is 17.2 Å². The molecule has 1 heterocycles. The van der Waals surface area contributed by atoms with Crippen LogP contribution in [0.15, 0.2) is 34.6 Å². The Balaban J connectivity index is 2.29. The minimum Gasteiger partial charge on any atom is -0.366 e. The summed E-state index contributed by atoms with van der Waals surface area (Å²) in [6.07, 6.45) is 0. The van der Waals surface area contributed by atoms with Crippen molar-refractivity contribution in [1.82, 2.24) is 9.78 Å². The summed E-state index contributed by atoms with van der Waals surface area (Å²) in [7, 11) is 0. The second-order valence-electron chi connectivity index (χ2n) is 3.23. The van der Waals surface area contributed by atoms with Gasteiger partial charge in [-0.05, 0) is 17.7 Å². The Hall–Kier alpha value is -1.95. The van der Waals surface area contributed by atoms with Gasteiger partial charge in [0.1, 0.15) is 5.51 Å². The lowest BCUT2D eigenvalue weighted by atomic mass is 10.1. The highest BCUT2D eigenvalue weighted by molar-refractivity contribution is 7.06. The van der Waals surface area contributed by atoms with Gasteiger partial charge < -0.3 is 5.73 Å². The van der Waals surface area contributed by atoms with E-state index in [0.717, 1.165) is 16.9 Å². The summed E-state index contributed by atoms with van der Waals surface area (Å²) >= 11 is 1.04. The van der Waals surface area contributed by atoms with E-state index >= 15 is 0 Å². The predicted molar refractivity (Wildman–Crippen MR) is 60.4 cm³/mol. The molecule has 0 radical (unpaired) electrons. The number of nitrogens with two attached hydrogens (primary N) is 1. The van der Waals surface area contributed by atoms with Gasteiger partial charge in [0.05, 0.1) is 6.54 Å². The number of aromatic nitrogens is 2. The molecular formula is C10H9N3O2S. The topological polar surface area (TPSA) is 78.0 Å². The van der Waals surface area contributed by atoms with Gasteiger partial charge in [-0.25, -0.2) is 4.68 Å². The monoisotopic (exact) mass is 235 g/mol. The Morgan fingerprint density at radius 2 is 2.31 bits per heavy atom. The summed E-state index contributed by atoms with van der Waals surface area (Å²) in [5.74, 6) is -0.479. The number of hydrogen-bond donors (Lipinski definition) is 1. The minimum atomic E-state index is -0.479. The highest BCUT2D eigenvalue weighted by Crippen LogP contribution is 2.05. The van der Waals surface area contributed by atoms with Crippen LogP contribution in [-0.4, -0.2) is 15.7 Å². The van der Waals surface area contributed by atoms with E-state index < -0.39 is 5.91 Å². The van der Waals surface area contributed by atoms with Crippen molar-refractivity contribution in [2.45, 2.75) is 6.54 Å². The van der Waals surface area contributed by atoms with Gasteiger partial charge in [-0.1, -0.05) is 23.5 Å². The maximum atomic E-state index is 11.3. The normalized spacial score (nSPS) is 10.2. The molecule has 0 spiro atoms. The van der Waals surface area contributed by atoms with Gasteiger partial charge in [-0.2, -0.15) is 5.10 Å². The van der Waals surface area contributed by atoms with E-state index in [0.29, 0.717) is 12.1 Å². The average molecular weight is 235 g/mol. The predicted octanol–water partition coefficient (Wildman–Crippen LogP) is 0.452. The largest absolute Gasteiger partial charge is 0.366 e. The fourth-order valence-electron chi connectivity index (χ4n) is 1.33. The number of primary amides is 1. The molecule has 5 nitrogen and oxygen atoms in total. The summed E-state index contributed by atoms with van der Waals surface area (Å²) < 4.78 is 1.34. The molecule has 0 unspecified atom stereocenters. The number of carbonyl (C=O) groups excluding carboxylic acids is 1. The first kappa shape index (κ1) is 10.6. The van der Waals surface area contributed by atoms with Crippen molar-refractivity contribution < 1.29 is 4.79 Å². The molecule has 2 aromatic rings. The van der Waals surface area contributed by atoms with Gasteiger partial charge in [0.2, 0.25) is 5.91 Å². The molecule has 0 bridgehead atoms. The lowest BCUT2D eigenvalue weighted by Gasteiger charge is -2.02. The minimum absolute atomic E-state index is 0.121. The molecule has 0 aliphatic rings. The van der Waals surface area contributed by atoms with Crippen molar-refractivity contribution in [1.29, 1.82) is 0 Å². The molecule has 2 rings (SSSR count). The molecule has 0 saturated carbocycles. The molecular weight excluding hydrogens is 226 g/mol. The van der Waals surface area contributed by atoms with E-state index in [1.165, 1.54) is 10.2 Å². The molecule has 0 fully saturated rings. The highest BCUT2D eigenvalue weighted by Gasteiger charge is 2.03. The molecule has 82 valence electrons. The number of amides is 1. The van der Waals surface area contributed by atoms with E-state index in [-0.39, 0.29) is 4.87 Å². The van der Waals surface area contributed by atoms with Crippen LogP contribution in [0.1, 0.15) is 15.9 Å². The fraction of sp³-hybridized carbons (Fsp3) is 0.100. The Morgan fingerprint density at radius 1 is 1.50 bits per heavy atom. The van der Waals surface area contributed by atoms with Gasteiger partial charge in [0, 0.05) is 5.56 Å². The quantitative estimate of drug-likeness (QED) is 0.839. The molecule has 1 amide bonds. The number of benzene rings is 1. The van der Waals surface area contributed by atoms with Crippen LogP contribution in [0.5, 0.6) is 0 Å². The molecule has 2 N–H and O–H groups in total. The first-order valence-corrected chi connectivity index (χ1v) is 5.44. The van der Waals surface area contributed by atoms with Crippen LogP contribution >= 0.6 is 11.3 Å².